The van der Waals surface area contributed by atoms with E-state index in [1.807, 2.05) is 30.0 Å². The number of nitrogens with one attached hydrogen (secondary N) is 1. The minimum Gasteiger partial charge on any atom is -0.487 e. The normalized spacial score (nSPS) is 19.9. The third kappa shape index (κ3) is 2.96. The summed E-state index contributed by atoms with van der Waals surface area (Å²) in [5.41, 5.74) is 0. The summed E-state index contributed by atoms with van der Waals surface area (Å²) in [6, 6.07) is 8.41. The highest BCUT2D eigenvalue weighted by Gasteiger charge is 2.26. The first-order valence-electron chi connectivity index (χ1n) is 5.90. The van der Waals surface area contributed by atoms with E-state index in [9.17, 15) is 0 Å². The Bertz CT molecular complexity index is 413. The minimum atomic E-state index is 0.158. The topological polar surface area (TPSA) is 21.3 Å². The predicted molar refractivity (Wildman–Crippen MR) is 72.5 cm³/mol. The molecule has 90 valence electrons. The van der Waals surface area contributed by atoms with Crippen LogP contribution in [0.25, 0.3) is 0 Å². The molecule has 2 rings (SSSR count). The van der Waals surface area contributed by atoms with Crippen LogP contribution in [0.5, 0.6) is 5.75 Å². The van der Waals surface area contributed by atoms with Gasteiger partial charge in [-0.15, -0.1) is 24.1 Å². The lowest BCUT2D eigenvalue weighted by Gasteiger charge is -2.31. The molecule has 0 fully saturated rings. The molecule has 0 bridgehead atoms. The van der Waals surface area contributed by atoms with Crippen LogP contribution in [-0.4, -0.2) is 24.4 Å². The maximum absolute atomic E-state index is 6.02. The number of fused-ring (bicyclic) bond motifs is 1. The molecule has 0 radical (unpaired) electrons. The molecular formula is C14H17NOS. The number of para-hydroxylation sites is 1. The lowest BCUT2D eigenvalue weighted by atomic mass is 10.1. The Labute approximate surface area is 107 Å². The van der Waals surface area contributed by atoms with Crippen molar-refractivity contribution in [2.45, 2.75) is 30.4 Å². The fourth-order valence-electron chi connectivity index (χ4n) is 1.96. The van der Waals surface area contributed by atoms with Gasteiger partial charge in [0.25, 0.3) is 0 Å². The molecule has 0 spiro atoms. The van der Waals surface area contributed by atoms with E-state index in [0.29, 0.717) is 6.42 Å². The number of hydrogen-bond donors (Lipinski definition) is 1. The first kappa shape index (κ1) is 12.3. The van der Waals surface area contributed by atoms with E-state index in [1.165, 1.54) is 4.90 Å². The smallest absolute Gasteiger partial charge is 0.133 e. The Kier molecular flexibility index (Phi) is 4.36. The van der Waals surface area contributed by atoms with Crippen molar-refractivity contribution in [3.63, 3.8) is 0 Å². The Morgan fingerprint density at radius 2 is 2.41 bits per heavy atom. The van der Waals surface area contributed by atoms with Crippen molar-refractivity contribution in [2.24, 2.45) is 0 Å². The summed E-state index contributed by atoms with van der Waals surface area (Å²) < 4.78 is 6.02. The maximum Gasteiger partial charge on any atom is 0.133 e. The molecule has 1 aromatic rings. The van der Waals surface area contributed by atoms with Gasteiger partial charge in [-0.25, -0.2) is 0 Å². The zero-order valence-electron chi connectivity index (χ0n) is 9.98. The fraction of sp³-hybridized carbons (Fsp3) is 0.429. The zero-order valence-corrected chi connectivity index (χ0v) is 10.8. The molecule has 2 unspecified atom stereocenters. The lowest BCUT2D eigenvalue weighted by molar-refractivity contribution is 0.168. The fourth-order valence-corrected chi connectivity index (χ4v) is 3.04. The van der Waals surface area contributed by atoms with Crippen LogP contribution in [0.15, 0.2) is 29.2 Å². The van der Waals surface area contributed by atoms with Crippen LogP contribution in [0.4, 0.5) is 0 Å². The second-order valence-electron chi connectivity index (χ2n) is 3.99. The van der Waals surface area contributed by atoms with E-state index in [-0.39, 0.29) is 12.1 Å². The number of likely N-dealkylation sites (N-methyl/N-ethyl adjacent to an activating group) is 1. The summed E-state index contributed by atoms with van der Waals surface area (Å²) in [6.45, 7) is 3.01. The van der Waals surface area contributed by atoms with Gasteiger partial charge in [-0.05, 0) is 18.7 Å². The monoisotopic (exact) mass is 247 g/mol. The Morgan fingerprint density at radius 3 is 3.18 bits per heavy atom. The molecule has 17 heavy (non-hydrogen) atoms. The molecule has 0 saturated heterocycles. The highest BCUT2D eigenvalue weighted by atomic mass is 32.2. The van der Waals surface area contributed by atoms with E-state index in [4.69, 9.17) is 11.2 Å². The zero-order chi connectivity index (χ0) is 12.1. The molecule has 1 aromatic carbocycles. The summed E-state index contributed by atoms with van der Waals surface area (Å²) in [4.78, 5) is 1.22. The second-order valence-corrected chi connectivity index (χ2v) is 5.05. The summed E-state index contributed by atoms with van der Waals surface area (Å²) in [7, 11) is 0. The molecule has 0 saturated carbocycles. The molecule has 0 aromatic heterocycles. The lowest BCUT2D eigenvalue weighted by Crippen LogP contribution is -2.45. The van der Waals surface area contributed by atoms with E-state index < -0.39 is 0 Å². The van der Waals surface area contributed by atoms with Crippen molar-refractivity contribution < 1.29 is 4.74 Å². The van der Waals surface area contributed by atoms with Crippen LogP contribution in [0.2, 0.25) is 0 Å². The van der Waals surface area contributed by atoms with Crippen molar-refractivity contribution >= 4 is 11.8 Å². The van der Waals surface area contributed by atoms with Gasteiger partial charge in [-0.2, -0.15) is 0 Å². The van der Waals surface area contributed by atoms with Gasteiger partial charge in [0, 0.05) is 17.1 Å². The second kappa shape index (κ2) is 6.00. The molecule has 3 heteroatoms. The molecule has 1 N–H and O–H groups in total. The van der Waals surface area contributed by atoms with Crippen LogP contribution < -0.4 is 10.1 Å². The number of ether oxygens (including phenoxy) is 1. The van der Waals surface area contributed by atoms with Crippen LogP contribution >= 0.6 is 11.8 Å². The van der Waals surface area contributed by atoms with Gasteiger partial charge in [-0.1, -0.05) is 19.1 Å². The van der Waals surface area contributed by atoms with Crippen molar-refractivity contribution in [2.75, 3.05) is 12.3 Å². The molecule has 0 amide bonds. The van der Waals surface area contributed by atoms with E-state index >= 15 is 0 Å². The number of terminal acetylenes is 1. The number of benzene rings is 1. The maximum atomic E-state index is 6.02. The highest BCUT2D eigenvalue weighted by molar-refractivity contribution is 7.99. The minimum absolute atomic E-state index is 0.158. The van der Waals surface area contributed by atoms with Crippen molar-refractivity contribution in [3.05, 3.63) is 24.3 Å². The van der Waals surface area contributed by atoms with Gasteiger partial charge in [0.2, 0.25) is 0 Å². The Balaban J connectivity index is 2.07. The van der Waals surface area contributed by atoms with Crippen LogP contribution in [-0.2, 0) is 0 Å². The van der Waals surface area contributed by atoms with E-state index in [0.717, 1.165) is 18.0 Å². The third-order valence-corrected chi connectivity index (χ3v) is 3.93. The van der Waals surface area contributed by atoms with Crippen LogP contribution in [0.3, 0.4) is 0 Å². The first-order valence-corrected chi connectivity index (χ1v) is 6.89. The largest absolute Gasteiger partial charge is 0.487 e. The Hall–Kier alpha value is -1.11. The molecule has 2 atom stereocenters. The molecule has 0 aliphatic carbocycles. The Morgan fingerprint density at radius 1 is 1.59 bits per heavy atom. The number of rotatable bonds is 4. The quantitative estimate of drug-likeness (QED) is 0.826. The van der Waals surface area contributed by atoms with Crippen LogP contribution in [0, 0.1) is 12.3 Å². The van der Waals surface area contributed by atoms with Gasteiger partial charge in [-0.3, -0.25) is 0 Å². The van der Waals surface area contributed by atoms with Gasteiger partial charge in [0.05, 0.1) is 6.04 Å². The highest BCUT2D eigenvalue weighted by Crippen LogP contribution is 2.35. The summed E-state index contributed by atoms with van der Waals surface area (Å²) in [6.07, 6.45) is 6.28. The molecule has 1 aliphatic rings. The van der Waals surface area contributed by atoms with Gasteiger partial charge in [0.1, 0.15) is 11.9 Å². The van der Waals surface area contributed by atoms with Crippen molar-refractivity contribution in [3.8, 4) is 18.1 Å². The van der Waals surface area contributed by atoms with Gasteiger partial charge in [0.15, 0.2) is 0 Å². The van der Waals surface area contributed by atoms with E-state index in [1.54, 1.807) is 0 Å². The summed E-state index contributed by atoms with van der Waals surface area (Å²) >= 11 is 1.84. The molecular weight excluding hydrogens is 230 g/mol. The standard InChI is InChI=1S/C14H17NOS/c1-3-7-11(15-4-2)13-10-17-14-9-6-5-8-12(14)16-13/h1,5-6,8-9,11,13,15H,4,7,10H2,2H3. The number of thioether (sulfide) groups is 1. The summed E-state index contributed by atoms with van der Waals surface area (Å²) in [5.74, 6) is 4.66. The SMILES string of the molecule is C#CCC(NCC)C1CSc2ccccc2O1. The van der Waals surface area contributed by atoms with Gasteiger partial charge >= 0.3 is 0 Å². The van der Waals surface area contributed by atoms with Gasteiger partial charge < -0.3 is 10.1 Å². The van der Waals surface area contributed by atoms with Crippen molar-refractivity contribution in [1.29, 1.82) is 0 Å². The first-order chi connectivity index (χ1) is 8.35. The predicted octanol–water partition coefficient (Wildman–Crippen LogP) is 2.54. The van der Waals surface area contributed by atoms with E-state index in [2.05, 4.69) is 24.2 Å². The molecule has 1 aliphatic heterocycles. The average molecular weight is 247 g/mol. The molecule has 2 nitrogen and oxygen atoms in total. The average Bonchev–Trinajstić information content (AvgIpc) is 2.38. The molecule has 1 heterocycles. The number of hydrogen-bond acceptors (Lipinski definition) is 3. The van der Waals surface area contributed by atoms with Crippen LogP contribution in [0.1, 0.15) is 13.3 Å². The van der Waals surface area contributed by atoms with Crippen molar-refractivity contribution in [1.82, 2.24) is 5.32 Å². The summed E-state index contributed by atoms with van der Waals surface area (Å²) in [5, 5.41) is 3.40. The third-order valence-electron chi connectivity index (χ3n) is 2.78.